The number of unbranched alkanes of at least 4 members (excludes halogenated alkanes) is 8. The van der Waals surface area contributed by atoms with Gasteiger partial charge < -0.3 is 4.48 Å². The molecule has 0 N–H and O–H groups in total. The fourth-order valence-electron chi connectivity index (χ4n) is 2.57. The molecule has 0 bridgehead atoms. The summed E-state index contributed by atoms with van der Waals surface area (Å²) in [6, 6.07) is 0. The van der Waals surface area contributed by atoms with Crippen molar-refractivity contribution in [1.29, 1.82) is 0 Å². The fraction of sp³-hybridized carbons (Fsp3) is 1.00. The molecule has 0 spiro atoms. The molecule has 0 atom stereocenters. The van der Waals surface area contributed by atoms with E-state index < -0.39 is 0 Å². The Hall–Kier alpha value is -0.0400. The molecular formula is C16H36N+. The normalized spacial score (nSPS) is 12.0. The molecule has 0 saturated carbocycles. The third-order valence-electron chi connectivity index (χ3n) is 3.70. The minimum Gasteiger partial charge on any atom is -0.328 e. The highest BCUT2D eigenvalue weighted by molar-refractivity contribution is 4.47. The molecule has 0 heterocycles. The predicted molar refractivity (Wildman–Crippen MR) is 79.4 cm³/mol. The van der Waals surface area contributed by atoms with E-state index in [1.54, 1.807) is 0 Å². The highest BCUT2D eigenvalue weighted by atomic mass is 15.3. The van der Waals surface area contributed by atoms with Gasteiger partial charge in [-0.15, -0.1) is 0 Å². The molecule has 0 aromatic heterocycles. The molecule has 17 heavy (non-hydrogen) atoms. The molecule has 0 aromatic carbocycles. The van der Waals surface area contributed by atoms with Crippen LogP contribution in [0.25, 0.3) is 0 Å². The van der Waals surface area contributed by atoms with Crippen molar-refractivity contribution in [2.45, 2.75) is 78.1 Å². The number of quaternary nitrogens is 1. The average molecular weight is 242 g/mol. The lowest BCUT2D eigenvalue weighted by molar-refractivity contribution is -0.890. The standard InChI is InChI=1S/C16H36N/c1-5-7-8-9-10-11-12-13-14-16-17(3,4)15-6-2/h5-16H2,1-4H3/q+1. The van der Waals surface area contributed by atoms with E-state index in [4.69, 9.17) is 0 Å². The van der Waals surface area contributed by atoms with Crippen LogP contribution in [0, 0.1) is 0 Å². The molecule has 0 amide bonds. The topological polar surface area (TPSA) is 0 Å². The van der Waals surface area contributed by atoms with Gasteiger partial charge in [0.25, 0.3) is 0 Å². The van der Waals surface area contributed by atoms with Gasteiger partial charge in [0.15, 0.2) is 0 Å². The summed E-state index contributed by atoms with van der Waals surface area (Å²) in [5.41, 5.74) is 0. The Bertz CT molecular complexity index is 152. The lowest BCUT2D eigenvalue weighted by atomic mass is 10.1. The van der Waals surface area contributed by atoms with E-state index in [2.05, 4.69) is 27.9 Å². The summed E-state index contributed by atoms with van der Waals surface area (Å²) >= 11 is 0. The van der Waals surface area contributed by atoms with Crippen molar-refractivity contribution in [3.63, 3.8) is 0 Å². The van der Waals surface area contributed by atoms with Crippen molar-refractivity contribution in [2.24, 2.45) is 0 Å². The smallest absolute Gasteiger partial charge is 0.0782 e. The summed E-state index contributed by atoms with van der Waals surface area (Å²) in [5.74, 6) is 0. The zero-order valence-corrected chi connectivity index (χ0v) is 12.9. The molecule has 1 nitrogen and oxygen atoms in total. The van der Waals surface area contributed by atoms with E-state index in [0.717, 1.165) is 0 Å². The molecule has 1 heteroatoms. The maximum atomic E-state index is 2.37. The van der Waals surface area contributed by atoms with Gasteiger partial charge in [-0.25, -0.2) is 0 Å². The Morgan fingerprint density at radius 2 is 1.00 bits per heavy atom. The number of rotatable bonds is 12. The monoisotopic (exact) mass is 242 g/mol. The molecule has 0 saturated heterocycles. The van der Waals surface area contributed by atoms with Crippen LogP contribution in [0.3, 0.4) is 0 Å². The van der Waals surface area contributed by atoms with E-state index in [1.165, 1.54) is 81.8 Å². The molecule has 0 aliphatic carbocycles. The first-order chi connectivity index (χ1) is 8.12. The van der Waals surface area contributed by atoms with Crippen molar-refractivity contribution in [3.8, 4) is 0 Å². The molecule has 0 radical (unpaired) electrons. The van der Waals surface area contributed by atoms with Gasteiger partial charge in [0.2, 0.25) is 0 Å². The lowest BCUT2D eigenvalue weighted by Crippen LogP contribution is -2.40. The van der Waals surface area contributed by atoms with Gasteiger partial charge in [-0.1, -0.05) is 58.8 Å². The number of hydrogen-bond acceptors (Lipinski definition) is 0. The highest BCUT2D eigenvalue weighted by Gasteiger charge is 2.11. The largest absolute Gasteiger partial charge is 0.328 e. The third kappa shape index (κ3) is 12.2. The molecular weight excluding hydrogens is 206 g/mol. The molecule has 0 aliphatic rings. The fourth-order valence-corrected chi connectivity index (χ4v) is 2.57. The van der Waals surface area contributed by atoms with Gasteiger partial charge in [-0.2, -0.15) is 0 Å². The Morgan fingerprint density at radius 3 is 1.47 bits per heavy atom. The first kappa shape index (κ1) is 17.0. The van der Waals surface area contributed by atoms with E-state index in [9.17, 15) is 0 Å². The van der Waals surface area contributed by atoms with Gasteiger partial charge >= 0.3 is 0 Å². The van der Waals surface area contributed by atoms with Gasteiger partial charge in [-0.05, 0) is 19.3 Å². The first-order valence-electron chi connectivity index (χ1n) is 7.94. The second kappa shape index (κ2) is 11.1. The lowest BCUT2D eigenvalue weighted by Gasteiger charge is -2.29. The average Bonchev–Trinajstić information content (AvgIpc) is 2.27. The minimum atomic E-state index is 1.22. The maximum absolute atomic E-state index is 2.37. The van der Waals surface area contributed by atoms with Crippen molar-refractivity contribution in [1.82, 2.24) is 0 Å². The second-order valence-electron chi connectivity index (χ2n) is 6.21. The third-order valence-corrected chi connectivity index (χ3v) is 3.70. The summed E-state index contributed by atoms with van der Waals surface area (Å²) in [6.45, 7) is 7.27. The highest BCUT2D eigenvalue weighted by Crippen LogP contribution is 2.11. The summed E-state index contributed by atoms with van der Waals surface area (Å²) < 4.78 is 1.22. The van der Waals surface area contributed by atoms with Crippen LogP contribution < -0.4 is 0 Å². The van der Waals surface area contributed by atoms with Crippen LogP contribution in [-0.4, -0.2) is 31.7 Å². The van der Waals surface area contributed by atoms with E-state index in [1.807, 2.05) is 0 Å². The summed E-state index contributed by atoms with van der Waals surface area (Å²) in [6.07, 6.45) is 14.3. The van der Waals surface area contributed by atoms with Crippen LogP contribution in [0.1, 0.15) is 78.1 Å². The zero-order chi connectivity index (χ0) is 13.0. The molecule has 0 fully saturated rings. The van der Waals surface area contributed by atoms with Gasteiger partial charge in [0.1, 0.15) is 0 Å². The van der Waals surface area contributed by atoms with Crippen LogP contribution in [-0.2, 0) is 0 Å². The van der Waals surface area contributed by atoms with Crippen molar-refractivity contribution in [3.05, 3.63) is 0 Å². The van der Waals surface area contributed by atoms with Gasteiger partial charge in [-0.3, -0.25) is 0 Å². The van der Waals surface area contributed by atoms with E-state index in [-0.39, 0.29) is 0 Å². The van der Waals surface area contributed by atoms with Crippen LogP contribution in [0.4, 0.5) is 0 Å². The van der Waals surface area contributed by atoms with E-state index in [0.29, 0.717) is 0 Å². The summed E-state index contributed by atoms with van der Waals surface area (Å²) in [5, 5.41) is 0. The van der Waals surface area contributed by atoms with Crippen molar-refractivity contribution >= 4 is 0 Å². The van der Waals surface area contributed by atoms with Gasteiger partial charge in [0, 0.05) is 0 Å². The Labute approximate surface area is 110 Å². The molecule has 0 aliphatic heterocycles. The van der Waals surface area contributed by atoms with Crippen LogP contribution in [0.5, 0.6) is 0 Å². The zero-order valence-electron chi connectivity index (χ0n) is 12.9. The SMILES string of the molecule is CCCCCCCCCCC[N+](C)(C)CCC. The Kier molecular flexibility index (Phi) is 11.0. The van der Waals surface area contributed by atoms with Crippen molar-refractivity contribution in [2.75, 3.05) is 27.2 Å². The van der Waals surface area contributed by atoms with Crippen LogP contribution >= 0.6 is 0 Å². The summed E-state index contributed by atoms with van der Waals surface area (Å²) in [7, 11) is 4.74. The Morgan fingerprint density at radius 1 is 0.529 bits per heavy atom. The number of hydrogen-bond donors (Lipinski definition) is 0. The van der Waals surface area contributed by atoms with Crippen LogP contribution in [0.2, 0.25) is 0 Å². The molecule has 0 rings (SSSR count). The predicted octanol–water partition coefficient (Wildman–Crippen LogP) is 5.00. The first-order valence-corrected chi connectivity index (χ1v) is 7.94. The Balaban J connectivity index is 3.18. The second-order valence-corrected chi connectivity index (χ2v) is 6.21. The molecule has 0 unspecified atom stereocenters. The maximum Gasteiger partial charge on any atom is 0.0782 e. The quantitative estimate of drug-likeness (QED) is 0.333. The molecule has 104 valence electrons. The number of nitrogens with zero attached hydrogens (tertiary/aromatic N) is 1. The minimum absolute atomic E-state index is 1.22. The van der Waals surface area contributed by atoms with Crippen molar-refractivity contribution < 1.29 is 4.48 Å². The van der Waals surface area contributed by atoms with E-state index >= 15 is 0 Å². The summed E-state index contributed by atoms with van der Waals surface area (Å²) in [4.78, 5) is 0. The van der Waals surface area contributed by atoms with Crippen LogP contribution in [0.15, 0.2) is 0 Å². The molecule has 0 aromatic rings. The van der Waals surface area contributed by atoms with Gasteiger partial charge in [0.05, 0.1) is 27.2 Å².